The fourth-order valence-corrected chi connectivity index (χ4v) is 3.20. The second-order valence-electron chi connectivity index (χ2n) is 4.20. The molecule has 0 aliphatic heterocycles. The Bertz CT molecular complexity index is 706. The number of nitrogens with one attached hydrogen (secondary N) is 1. The molecule has 1 heterocycles. The summed E-state index contributed by atoms with van der Waals surface area (Å²) >= 11 is 11.5. The molecule has 0 radical (unpaired) electrons. The number of aromatic nitrogens is 1. The summed E-state index contributed by atoms with van der Waals surface area (Å²) in [7, 11) is -3.70. The first kappa shape index (κ1) is 15.3. The summed E-state index contributed by atoms with van der Waals surface area (Å²) in [5.41, 5.74) is 0.865. The van der Waals surface area contributed by atoms with Crippen molar-refractivity contribution in [2.75, 3.05) is 0 Å². The Hall–Kier alpha value is -1.14. The molecule has 0 fully saturated rings. The zero-order chi connectivity index (χ0) is 14.8. The van der Waals surface area contributed by atoms with Crippen molar-refractivity contribution in [1.82, 2.24) is 9.71 Å². The maximum atomic E-state index is 12.2. The average Bonchev–Trinajstić information content (AvgIpc) is 2.42. The molecule has 1 aromatic heterocycles. The Labute approximate surface area is 127 Å². The molecule has 106 valence electrons. The molecule has 0 aliphatic carbocycles. The topological polar surface area (TPSA) is 59.1 Å². The van der Waals surface area contributed by atoms with Gasteiger partial charge in [0.05, 0.1) is 5.02 Å². The average molecular weight is 331 g/mol. The molecule has 0 bridgehead atoms. The van der Waals surface area contributed by atoms with Gasteiger partial charge in [-0.2, -0.15) is 0 Å². The van der Waals surface area contributed by atoms with Gasteiger partial charge in [0.15, 0.2) is 0 Å². The van der Waals surface area contributed by atoms with E-state index in [0.29, 0.717) is 0 Å². The van der Waals surface area contributed by atoms with Gasteiger partial charge in [0.25, 0.3) is 0 Å². The molecule has 7 heteroatoms. The van der Waals surface area contributed by atoms with Gasteiger partial charge in [-0.3, -0.25) is 0 Å². The summed E-state index contributed by atoms with van der Waals surface area (Å²) in [6.45, 7) is 1.76. The number of nitrogens with zero attached hydrogens (tertiary/aromatic N) is 1. The third-order valence-electron chi connectivity index (χ3n) is 2.71. The predicted octanol–water partition coefficient (Wildman–Crippen LogP) is 3.43. The number of hydrogen-bond donors (Lipinski definition) is 1. The number of hydrogen-bond acceptors (Lipinski definition) is 3. The summed E-state index contributed by atoms with van der Waals surface area (Å²) in [6, 6.07) is 10.2. The maximum Gasteiger partial charge on any atom is 0.242 e. The Morgan fingerprint density at radius 3 is 2.45 bits per heavy atom. The van der Waals surface area contributed by atoms with E-state index < -0.39 is 10.0 Å². The Balaban J connectivity index is 2.25. The van der Waals surface area contributed by atoms with Gasteiger partial charge >= 0.3 is 0 Å². The van der Waals surface area contributed by atoms with Crippen LogP contribution in [0.25, 0.3) is 0 Å². The van der Waals surface area contributed by atoms with E-state index >= 15 is 0 Å². The number of rotatable bonds is 4. The Morgan fingerprint density at radius 1 is 1.20 bits per heavy atom. The fraction of sp³-hybridized carbons (Fsp3) is 0.154. The molecule has 0 saturated heterocycles. The van der Waals surface area contributed by atoms with Gasteiger partial charge in [-0.05, 0) is 18.6 Å². The summed E-state index contributed by atoms with van der Waals surface area (Å²) in [6.07, 6.45) is 1.17. The van der Waals surface area contributed by atoms with E-state index in [2.05, 4.69) is 9.71 Å². The van der Waals surface area contributed by atoms with Crippen LogP contribution in [0.2, 0.25) is 10.2 Å². The summed E-state index contributed by atoms with van der Waals surface area (Å²) in [4.78, 5) is 3.72. The quantitative estimate of drug-likeness (QED) is 0.873. The van der Waals surface area contributed by atoms with Crippen molar-refractivity contribution < 1.29 is 8.42 Å². The minimum atomic E-state index is -3.70. The van der Waals surface area contributed by atoms with Gasteiger partial charge < -0.3 is 0 Å². The minimum absolute atomic E-state index is 0.0188. The van der Waals surface area contributed by atoms with Crippen molar-refractivity contribution in [3.8, 4) is 0 Å². The molecule has 1 N–H and O–H groups in total. The van der Waals surface area contributed by atoms with E-state index in [9.17, 15) is 8.42 Å². The molecule has 20 heavy (non-hydrogen) atoms. The van der Waals surface area contributed by atoms with Crippen molar-refractivity contribution in [1.29, 1.82) is 0 Å². The number of benzene rings is 1. The van der Waals surface area contributed by atoms with E-state index in [0.717, 1.165) is 5.56 Å². The van der Waals surface area contributed by atoms with E-state index in [1.807, 2.05) is 30.3 Å². The lowest BCUT2D eigenvalue weighted by Crippen LogP contribution is -2.27. The van der Waals surface area contributed by atoms with Gasteiger partial charge in [0, 0.05) is 12.2 Å². The summed E-state index contributed by atoms with van der Waals surface area (Å²) in [5, 5.41) is 0.170. The highest BCUT2D eigenvalue weighted by molar-refractivity contribution is 7.89. The van der Waals surface area contributed by atoms with Crippen LogP contribution in [0.5, 0.6) is 0 Å². The van der Waals surface area contributed by atoms with Crippen LogP contribution in [0.1, 0.15) is 18.5 Å². The predicted molar refractivity (Wildman–Crippen MR) is 79.4 cm³/mol. The first-order chi connectivity index (χ1) is 9.40. The van der Waals surface area contributed by atoms with Gasteiger partial charge in [-0.25, -0.2) is 18.1 Å². The second kappa shape index (κ2) is 6.10. The molecular formula is C13H12Cl2N2O2S. The van der Waals surface area contributed by atoms with Crippen LogP contribution >= 0.6 is 23.2 Å². The zero-order valence-electron chi connectivity index (χ0n) is 10.5. The largest absolute Gasteiger partial charge is 0.242 e. The molecule has 1 atom stereocenters. The van der Waals surface area contributed by atoms with Gasteiger partial charge in [-0.1, -0.05) is 53.5 Å². The molecule has 4 nitrogen and oxygen atoms in total. The van der Waals surface area contributed by atoms with Crippen LogP contribution in [0.15, 0.2) is 47.5 Å². The van der Waals surface area contributed by atoms with E-state index in [4.69, 9.17) is 23.2 Å². The van der Waals surface area contributed by atoms with Gasteiger partial charge in [0.1, 0.15) is 10.0 Å². The fourth-order valence-electron chi connectivity index (χ4n) is 1.66. The third-order valence-corrected chi connectivity index (χ3v) is 4.91. The lowest BCUT2D eigenvalue weighted by atomic mass is 10.1. The van der Waals surface area contributed by atoms with E-state index in [1.165, 1.54) is 12.3 Å². The smallest absolute Gasteiger partial charge is 0.242 e. The Morgan fingerprint density at radius 2 is 1.85 bits per heavy atom. The minimum Gasteiger partial charge on any atom is -0.242 e. The van der Waals surface area contributed by atoms with Crippen LogP contribution in [-0.2, 0) is 10.0 Å². The van der Waals surface area contributed by atoms with Crippen molar-refractivity contribution in [2.45, 2.75) is 17.9 Å². The lowest BCUT2D eigenvalue weighted by Gasteiger charge is -2.14. The molecule has 1 aromatic carbocycles. The third kappa shape index (κ3) is 3.49. The highest BCUT2D eigenvalue weighted by Crippen LogP contribution is 2.23. The molecular weight excluding hydrogens is 319 g/mol. The van der Waals surface area contributed by atoms with Crippen LogP contribution < -0.4 is 4.72 Å². The number of halogens is 2. The first-order valence-electron chi connectivity index (χ1n) is 5.78. The van der Waals surface area contributed by atoms with Crippen molar-refractivity contribution >= 4 is 33.2 Å². The first-order valence-corrected chi connectivity index (χ1v) is 8.02. The van der Waals surface area contributed by atoms with Crippen molar-refractivity contribution in [2.24, 2.45) is 0 Å². The highest BCUT2D eigenvalue weighted by Gasteiger charge is 2.19. The van der Waals surface area contributed by atoms with Crippen molar-refractivity contribution in [3.63, 3.8) is 0 Å². The normalized spacial score (nSPS) is 13.2. The monoisotopic (exact) mass is 330 g/mol. The molecule has 0 spiro atoms. The number of pyridine rings is 1. The van der Waals surface area contributed by atoms with E-state index in [-0.39, 0.29) is 21.1 Å². The molecule has 2 rings (SSSR count). The molecule has 0 aliphatic rings. The zero-order valence-corrected chi connectivity index (χ0v) is 12.9. The second-order valence-corrected chi connectivity index (χ2v) is 6.68. The molecule has 2 aromatic rings. The van der Waals surface area contributed by atoms with Gasteiger partial charge in [0.2, 0.25) is 10.0 Å². The summed E-state index contributed by atoms with van der Waals surface area (Å²) < 4.78 is 27.0. The molecule has 1 unspecified atom stereocenters. The van der Waals surface area contributed by atoms with E-state index in [1.54, 1.807) is 6.92 Å². The number of sulfonamides is 1. The molecule has 0 amide bonds. The van der Waals surface area contributed by atoms with Crippen LogP contribution in [0.3, 0.4) is 0 Å². The highest BCUT2D eigenvalue weighted by atomic mass is 35.5. The van der Waals surface area contributed by atoms with Crippen LogP contribution in [0.4, 0.5) is 0 Å². The Kier molecular flexibility index (Phi) is 4.65. The van der Waals surface area contributed by atoms with Crippen molar-refractivity contribution in [3.05, 3.63) is 58.3 Å². The summed E-state index contributed by atoms with van der Waals surface area (Å²) in [5.74, 6) is 0. The maximum absolute atomic E-state index is 12.2. The lowest BCUT2D eigenvalue weighted by molar-refractivity contribution is 0.566. The standard InChI is InChI=1S/C13H12Cl2N2O2S/c1-9(10-5-3-2-4-6-10)17-20(18,19)11-7-12(14)13(15)16-8-11/h2-9,17H,1H3. The molecule has 0 saturated carbocycles. The van der Waals surface area contributed by atoms with Gasteiger partial charge in [-0.15, -0.1) is 0 Å². The SMILES string of the molecule is CC(NS(=O)(=O)c1cnc(Cl)c(Cl)c1)c1ccccc1. The van der Waals surface area contributed by atoms with Crippen LogP contribution in [0, 0.1) is 0 Å². The van der Waals surface area contributed by atoms with Crippen LogP contribution in [-0.4, -0.2) is 13.4 Å².